The lowest BCUT2D eigenvalue weighted by molar-refractivity contribution is 0.150. The number of aliphatic hydroxyl groups excluding tert-OH is 1. The van der Waals surface area contributed by atoms with E-state index in [0.29, 0.717) is 6.54 Å². The van der Waals surface area contributed by atoms with Gasteiger partial charge in [-0.25, -0.2) is 4.79 Å². The minimum atomic E-state index is -0.0766. The molecule has 0 aromatic heterocycles. The van der Waals surface area contributed by atoms with Gasteiger partial charge in [0, 0.05) is 18.3 Å². The average molecular weight is 308 g/mol. The number of nitrogens with zero attached hydrogens (tertiary/aromatic N) is 1. The molecule has 0 saturated heterocycles. The smallest absolute Gasteiger partial charge is 0.318 e. The average Bonchev–Trinajstić information content (AvgIpc) is 2.88. The quantitative estimate of drug-likeness (QED) is 0.848. The second-order valence-electron chi connectivity index (χ2n) is 5.48. The number of aryl methyl sites for hydroxylation is 1. The Hall–Kier alpha value is -1.20. The topological polar surface area (TPSA) is 52.6 Å². The highest BCUT2D eigenvalue weighted by atomic mass is 32.2. The fourth-order valence-electron chi connectivity index (χ4n) is 2.95. The molecule has 2 N–H and O–H groups in total. The van der Waals surface area contributed by atoms with Crippen molar-refractivity contribution in [1.82, 2.24) is 10.2 Å². The zero-order valence-electron chi connectivity index (χ0n) is 12.7. The summed E-state index contributed by atoms with van der Waals surface area (Å²) in [5.41, 5.74) is 2.54. The first-order valence-corrected chi connectivity index (χ1v) is 8.81. The number of nitrogens with one attached hydrogen (secondary N) is 1. The van der Waals surface area contributed by atoms with E-state index in [-0.39, 0.29) is 24.7 Å². The number of aliphatic hydroxyl groups is 1. The zero-order chi connectivity index (χ0) is 15.2. The first-order chi connectivity index (χ1) is 10.2. The van der Waals surface area contributed by atoms with Crippen molar-refractivity contribution in [3.63, 3.8) is 0 Å². The number of amides is 2. The number of rotatable bonds is 6. The molecule has 2 amide bonds. The Morgan fingerprint density at radius 2 is 2.29 bits per heavy atom. The summed E-state index contributed by atoms with van der Waals surface area (Å²) in [5.74, 6) is 0.889. The molecule has 116 valence electrons. The van der Waals surface area contributed by atoms with Gasteiger partial charge in [-0.15, -0.1) is 0 Å². The van der Waals surface area contributed by atoms with Crippen molar-refractivity contribution < 1.29 is 9.90 Å². The van der Waals surface area contributed by atoms with Crippen molar-refractivity contribution in [2.45, 2.75) is 31.8 Å². The van der Waals surface area contributed by atoms with Crippen LogP contribution < -0.4 is 5.32 Å². The van der Waals surface area contributed by atoms with Crippen molar-refractivity contribution in [2.75, 3.05) is 25.2 Å². The van der Waals surface area contributed by atoms with Gasteiger partial charge >= 0.3 is 6.03 Å². The van der Waals surface area contributed by atoms with Gasteiger partial charge in [0.2, 0.25) is 0 Å². The molecule has 1 aromatic carbocycles. The van der Waals surface area contributed by atoms with E-state index in [4.69, 9.17) is 0 Å². The monoisotopic (exact) mass is 308 g/mol. The van der Waals surface area contributed by atoms with Crippen LogP contribution in [-0.2, 0) is 6.42 Å². The van der Waals surface area contributed by atoms with Gasteiger partial charge in [0.25, 0.3) is 0 Å². The number of benzene rings is 1. The molecule has 0 aliphatic heterocycles. The van der Waals surface area contributed by atoms with Crippen LogP contribution in [0.1, 0.15) is 30.5 Å². The third-order valence-electron chi connectivity index (χ3n) is 3.87. The van der Waals surface area contributed by atoms with Gasteiger partial charge < -0.3 is 15.3 Å². The molecule has 2 unspecified atom stereocenters. The third kappa shape index (κ3) is 3.92. The lowest BCUT2D eigenvalue weighted by Gasteiger charge is -2.30. The summed E-state index contributed by atoms with van der Waals surface area (Å²) < 4.78 is 0. The van der Waals surface area contributed by atoms with E-state index in [0.717, 1.165) is 18.6 Å². The zero-order valence-corrected chi connectivity index (χ0v) is 13.5. The Labute approximate surface area is 130 Å². The molecule has 2 rings (SSSR count). The summed E-state index contributed by atoms with van der Waals surface area (Å²) in [6, 6.07) is 8.41. The van der Waals surface area contributed by atoms with Crippen LogP contribution in [0.3, 0.4) is 0 Å². The Morgan fingerprint density at radius 3 is 3.00 bits per heavy atom. The van der Waals surface area contributed by atoms with E-state index in [2.05, 4.69) is 17.4 Å². The van der Waals surface area contributed by atoms with E-state index in [1.807, 2.05) is 25.3 Å². The third-order valence-corrected chi connectivity index (χ3v) is 4.70. The molecular weight excluding hydrogens is 284 g/mol. The van der Waals surface area contributed by atoms with E-state index in [1.165, 1.54) is 11.1 Å². The van der Waals surface area contributed by atoms with Crippen LogP contribution in [0, 0.1) is 0 Å². The van der Waals surface area contributed by atoms with Gasteiger partial charge in [0.1, 0.15) is 0 Å². The highest BCUT2D eigenvalue weighted by Crippen LogP contribution is 2.35. The predicted molar refractivity (Wildman–Crippen MR) is 87.7 cm³/mol. The Balaban J connectivity index is 2.11. The summed E-state index contributed by atoms with van der Waals surface area (Å²) >= 11 is 1.71. The summed E-state index contributed by atoms with van der Waals surface area (Å²) in [4.78, 5) is 14.3. The summed E-state index contributed by atoms with van der Waals surface area (Å²) in [7, 11) is 0. The fourth-order valence-corrected chi connectivity index (χ4v) is 3.53. The normalized spacial score (nSPS) is 18.1. The number of carbonyl (C=O) groups excluding carboxylic acids is 1. The van der Waals surface area contributed by atoms with Crippen LogP contribution in [0.4, 0.5) is 4.79 Å². The minimum absolute atomic E-state index is 0.0109. The van der Waals surface area contributed by atoms with Crippen molar-refractivity contribution in [3.05, 3.63) is 35.4 Å². The van der Waals surface area contributed by atoms with Crippen LogP contribution in [0.2, 0.25) is 0 Å². The first kappa shape index (κ1) is 16.2. The van der Waals surface area contributed by atoms with Crippen molar-refractivity contribution in [2.24, 2.45) is 0 Å². The highest BCUT2D eigenvalue weighted by molar-refractivity contribution is 7.98. The van der Waals surface area contributed by atoms with Crippen LogP contribution in [0.25, 0.3) is 0 Å². The SMILES string of the molecule is CSCC(C)NC(=O)N(CCO)C1CCc2ccccc21. The number of hydrogen-bond acceptors (Lipinski definition) is 3. The maximum Gasteiger partial charge on any atom is 0.318 e. The summed E-state index contributed by atoms with van der Waals surface area (Å²) in [5, 5.41) is 12.3. The number of hydrogen-bond donors (Lipinski definition) is 2. The molecule has 2 atom stereocenters. The largest absolute Gasteiger partial charge is 0.395 e. The number of carbonyl (C=O) groups is 1. The molecule has 4 nitrogen and oxygen atoms in total. The van der Waals surface area contributed by atoms with E-state index < -0.39 is 0 Å². The first-order valence-electron chi connectivity index (χ1n) is 7.42. The number of thioether (sulfide) groups is 1. The molecule has 21 heavy (non-hydrogen) atoms. The molecule has 0 spiro atoms. The molecule has 0 saturated carbocycles. The fraction of sp³-hybridized carbons (Fsp3) is 0.562. The van der Waals surface area contributed by atoms with E-state index >= 15 is 0 Å². The van der Waals surface area contributed by atoms with E-state index in [1.54, 1.807) is 16.7 Å². The van der Waals surface area contributed by atoms with Crippen LogP contribution >= 0.6 is 11.8 Å². The molecule has 0 fully saturated rings. The van der Waals surface area contributed by atoms with Crippen molar-refractivity contribution in [1.29, 1.82) is 0 Å². The van der Waals surface area contributed by atoms with Gasteiger partial charge in [-0.1, -0.05) is 24.3 Å². The maximum absolute atomic E-state index is 12.5. The molecule has 5 heteroatoms. The van der Waals surface area contributed by atoms with Gasteiger partial charge in [0.05, 0.1) is 12.6 Å². The molecule has 1 aliphatic rings. The number of fused-ring (bicyclic) bond motifs is 1. The van der Waals surface area contributed by atoms with Crippen molar-refractivity contribution in [3.8, 4) is 0 Å². The lowest BCUT2D eigenvalue weighted by atomic mass is 10.1. The second kappa shape index (κ2) is 7.71. The van der Waals surface area contributed by atoms with Gasteiger partial charge in [-0.2, -0.15) is 11.8 Å². The predicted octanol–water partition coefficient (Wildman–Crippen LogP) is 2.43. The van der Waals surface area contributed by atoms with Gasteiger partial charge in [0.15, 0.2) is 0 Å². The van der Waals surface area contributed by atoms with Crippen LogP contribution in [0.5, 0.6) is 0 Å². The highest BCUT2D eigenvalue weighted by Gasteiger charge is 2.30. The van der Waals surface area contributed by atoms with Crippen molar-refractivity contribution >= 4 is 17.8 Å². The molecular formula is C16H24N2O2S. The van der Waals surface area contributed by atoms with Gasteiger partial charge in [-0.05, 0) is 37.1 Å². The molecule has 0 heterocycles. The minimum Gasteiger partial charge on any atom is -0.395 e. The van der Waals surface area contributed by atoms with Gasteiger partial charge in [-0.3, -0.25) is 0 Å². The molecule has 0 bridgehead atoms. The summed E-state index contributed by atoms with van der Waals surface area (Å²) in [6.07, 6.45) is 3.96. The van der Waals surface area contributed by atoms with E-state index in [9.17, 15) is 9.90 Å². The maximum atomic E-state index is 12.5. The standard InChI is InChI=1S/C16H24N2O2S/c1-12(11-21-2)17-16(20)18(9-10-19)15-8-7-13-5-3-4-6-14(13)15/h3-6,12,15,19H,7-11H2,1-2H3,(H,17,20). The van der Waals surface area contributed by atoms with Crippen LogP contribution in [-0.4, -0.2) is 47.2 Å². The Bertz CT molecular complexity index is 481. The molecule has 1 aliphatic carbocycles. The molecule has 1 aromatic rings. The van der Waals surface area contributed by atoms with Crippen LogP contribution in [0.15, 0.2) is 24.3 Å². The Morgan fingerprint density at radius 1 is 1.52 bits per heavy atom. The number of urea groups is 1. The Kier molecular flexibility index (Phi) is 5.94. The second-order valence-corrected chi connectivity index (χ2v) is 6.39. The molecule has 0 radical (unpaired) electrons. The summed E-state index contributed by atoms with van der Waals surface area (Å²) in [6.45, 7) is 2.37. The lowest BCUT2D eigenvalue weighted by Crippen LogP contribution is -2.47.